The highest BCUT2D eigenvalue weighted by atomic mass is 79.9. The highest BCUT2D eigenvalue weighted by Crippen LogP contribution is 2.22. The van der Waals surface area contributed by atoms with Gasteiger partial charge in [0.2, 0.25) is 0 Å². The Morgan fingerprint density at radius 3 is 2.73 bits per heavy atom. The predicted molar refractivity (Wildman–Crippen MR) is 64.3 cm³/mol. The molecule has 0 aliphatic heterocycles. The molecule has 0 unspecified atom stereocenters. The van der Waals surface area contributed by atoms with Crippen molar-refractivity contribution < 1.29 is 0 Å². The molecule has 0 amide bonds. The molecular weight excluding hydrogens is 274 g/mol. The maximum atomic E-state index is 8.80. The largest absolute Gasteiger partial charge is 0.338 e. The third-order valence-corrected chi connectivity index (χ3v) is 3.04. The number of thiazole rings is 1. The second-order valence-corrected chi connectivity index (χ2v) is 4.54. The van der Waals surface area contributed by atoms with Crippen LogP contribution in [0, 0.1) is 11.3 Å². The molecule has 0 radical (unpaired) electrons. The van der Waals surface area contributed by atoms with Crippen LogP contribution >= 0.6 is 27.3 Å². The first-order chi connectivity index (χ1) is 7.29. The van der Waals surface area contributed by atoms with Gasteiger partial charge >= 0.3 is 0 Å². The van der Waals surface area contributed by atoms with Crippen molar-refractivity contribution in [1.29, 1.82) is 5.26 Å². The van der Waals surface area contributed by atoms with Gasteiger partial charge < -0.3 is 5.32 Å². The topological polar surface area (TPSA) is 48.7 Å². The lowest BCUT2D eigenvalue weighted by Crippen LogP contribution is -1.91. The van der Waals surface area contributed by atoms with Crippen molar-refractivity contribution in [3.05, 3.63) is 39.1 Å². The highest BCUT2D eigenvalue weighted by molar-refractivity contribution is 9.10. The van der Waals surface area contributed by atoms with Crippen LogP contribution in [0.25, 0.3) is 0 Å². The summed E-state index contributed by atoms with van der Waals surface area (Å²) in [5.41, 5.74) is 2.57. The Labute approximate surface area is 99.5 Å². The van der Waals surface area contributed by atoms with E-state index in [4.69, 9.17) is 5.26 Å². The fraction of sp³-hybridized carbons (Fsp3) is 0. The number of hydrogen-bond acceptors (Lipinski definition) is 4. The van der Waals surface area contributed by atoms with Gasteiger partial charge in [0.25, 0.3) is 0 Å². The summed E-state index contributed by atoms with van der Waals surface area (Å²) in [5.74, 6) is 0.616. The van der Waals surface area contributed by atoms with E-state index in [9.17, 15) is 0 Å². The summed E-state index contributed by atoms with van der Waals surface area (Å²) in [4.78, 5) is 4.67. The number of rotatable bonds is 2. The van der Waals surface area contributed by atoms with E-state index < -0.39 is 0 Å². The molecule has 3 nitrogen and oxygen atoms in total. The minimum atomic E-state index is 0.595. The molecule has 2 aromatic rings. The Morgan fingerprint density at radius 2 is 2.07 bits per heavy atom. The third kappa shape index (κ3) is 2.35. The van der Waals surface area contributed by atoms with Crippen LogP contribution in [0.1, 0.15) is 4.88 Å². The molecule has 0 atom stereocenters. The molecule has 1 aromatic heterocycles. The van der Waals surface area contributed by atoms with E-state index in [0.717, 1.165) is 10.2 Å². The van der Waals surface area contributed by atoms with Crippen molar-refractivity contribution in [3.63, 3.8) is 0 Å². The van der Waals surface area contributed by atoms with Crippen LogP contribution in [0.15, 0.2) is 34.2 Å². The summed E-state index contributed by atoms with van der Waals surface area (Å²) >= 11 is 4.69. The molecular formula is C10H6BrN3S. The van der Waals surface area contributed by atoms with Gasteiger partial charge in [-0.3, -0.25) is 0 Å². The van der Waals surface area contributed by atoms with Gasteiger partial charge in [0, 0.05) is 10.2 Å². The molecule has 0 saturated carbocycles. The molecule has 0 fully saturated rings. The maximum Gasteiger partial charge on any atom is 0.159 e. The highest BCUT2D eigenvalue weighted by Gasteiger charge is 2.04. The number of nitriles is 1. The number of aromatic nitrogens is 1. The summed E-state index contributed by atoms with van der Waals surface area (Å²) in [6.07, 6.45) is 0. The van der Waals surface area contributed by atoms with Crippen LogP contribution in [0.2, 0.25) is 0 Å². The van der Waals surface area contributed by atoms with E-state index in [-0.39, 0.29) is 0 Å². The van der Waals surface area contributed by atoms with Crippen molar-refractivity contribution >= 4 is 38.8 Å². The molecule has 74 valence electrons. The Morgan fingerprint density at radius 1 is 1.33 bits per heavy atom. The quantitative estimate of drug-likeness (QED) is 0.915. The molecule has 0 saturated heterocycles. The van der Waals surface area contributed by atoms with Crippen LogP contribution in [0.3, 0.4) is 0 Å². The first kappa shape index (κ1) is 10.1. The molecule has 2 rings (SSSR count). The number of nitrogens with one attached hydrogen (secondary N) is 1. The zero-order valence-electron chi connectivity index (χ0n) is 7.57. The van der Waals surface area contributed by atoms with Crippen molar-refractivity contribution in [1.82, 2.24) is 4.98 Å². The normalized spacial score (nSPS) is 9.60. The third-order valence-electron chi connectivity index (χ3n) is 1.78. The summed E-state index contributed by atoms with van der Waals surface area (Å²) in [5, 5.41) is 11.9. The van der Waals surface area contributed by atoms with E-state index in [1.54, 1.807) is 5.51 Å². The van der Waals surface area contributed by atoms with Gasteiger partial charge in [-0.05, 0) is 24.3 Å². The van der Waals surface area contributed by atoms with Gasteiger partial charge in [0.1, 0.15) is 10.9 Å². The second kappa shape index (κ2) is 4.43. The fourth-order valence-electron chi connectivity index (χ4n) is 1.08. The predicted octanol–water partition coefficient (Wildman–Crippen LogP) is 3.52. The van der Waals surface area contributed by atoms with Gasteiger partial charge in [-0.1, -0.05) is 15.9 Å². The lowest BCUT2D eigenvalue weighted by Gasteiger charge is -2.02. The number of hydrogen-bond donors (Lipinski definition) is 1. The van der Waals surface area contributed by atoms with E-state index in [0.29, 0.717) is 10.7 Å². The van der Waals surface area contributed by atoms with Crippen molar-refractivity contribution in [3.8, 4) is 6.07 Å². The summed E-state index contributed by atoms with van der Waals surface area (Å²) < 4.78 is 1.02. The van der Waals surface area contributed by atoms with Crippen molar-refractivity contribution in [2.45, 2.75) is 0 Å². The lowest BCUT2D eigenvalue weighted by molar-refractivity contribution is 1.37. The standard InChI is InChI=1S/C10H6BrN3S/c11-7-1-3-8(4-2-7)14-10-9(5-12)15-6-13-10/h1-4,6,14H. The minimum Gasteiger partial charge on any atom is -0.338 e. The first-order valence-electron chi connectivity index (χ1n) is 4.16. The maximum absolute atomic E-state index is 8.80. The summed E-state index contributed by atoms with van der Waals surface area (Å²) in [7, 11) is 0. The Bertz CT molecular complexity index is 498. The van der Waals surface area contributed by atoms with Crippen molar-refractivity contribution in [2.24, 2.45) is 0 Å². The minimum absolute atomic E-state index is 0.595. The molecule has 1 aromatic carbocycles. The van der Waals surface area contributed by atoms with E-state index in [1.165, 1.54) is 11.3 Å². The Kier molecular flexibility index (Phi) is 2.99. The van der Waals surface area contributed by atoms with Gasteiger partial charge in [-0.2, -0.15) is 5.26 Å². The number of nitrogens with zero attached hydrogens (tertiary/aromatic N) is 2. The van der Waals surface area contributed by atoms with Gasteiger partial charge in [-0.15, -0.1) is 11.3 Å². The van der Waals surface area contributed by atoms with Gasteiger partial charge in [0.15, 0.2) is 5.82 Å². The molecule has 15 heavy (non-hydrogen) atoms. The van der Waals surface area contributed by atoms with E-state index >= 15 is 0 Å². The Hall–Kier alpha value is -1.38. The zero-order chi connectivity index (χ0) is 10.7. The summed E-state index contributed by atoms with van der Waals surface area (Å²) in [6.45, 7) is 0. The van der Waals surface area contributed by atoms with Crippen LogP contribution < -0.4 is 5.32 Å². The number of benzene rings is 1. The second-order valence-electron chi connectivity index (χ2n) is 2.77. The van der Waals surface area contributed by atoms with Crippen LogP contribution in [0.4, 0.5) is 11.5 Å². The molecule has 0 aliphatic carbocycles. The smallest absolute Gasteiger partial charge is 0.159 e. The first-order valence-corrected chi connectivity index (χ1v) is 5.83. The monoisotopic (exact) mass is 279 g/mol. The average Bonchev–Trinajstić information content (AvgIpc) is 2.69. The zero-order valence-corrected chi connectivity index (χ0v) is 9.97. The SMILES string of the molecule is N#Cc1scnc1Nc1ccc(Br)cc1. The average molecular weight is 280 g/mol. The molecule has 1 N–H and O–H groups in total. The van der Waals surface area contributed by atoms with E-state index in [2.05, 4.69) is 32.3 Å². The molecule has 1 heterocycles. The number of anilines is 2. The molecule has 0 bridgehead atoms. The van der Waals surface area contributed by atoms with Crippen LogP contribution in [-0.4, -0.2) is 4.98 Å². The van der Waals surface area contributed by atoms with Crippen molar-refractivity contribution in [2.75, 3.05) is 5.32 Å². The fourth-order valence-corrected chi connectivity index (χ4v) is 1.88. The Balaban J connectivity index is 2.23. The molecule has 5 heteroatoms. The van der Waals surface area contributed by atoms with E-state index in [1.807, 2.05) is 24.3 Å². The van der Waals surface area contributed by atoms with Gasteiger partial charge in [0.05, 0.1) is 5.51 Å². The molecule has 0 aliphatic rings. The summed E-state index contributed by atoms with van der Waals surface area (Å²) in [6, 6.07) is 9.80. The van der Waals surface area contributed by atoms with Crippen LogP contribution in [-0.2, 0) is 0 Å². The lowest BCUT2D eigenvalue weighted by atomic mass is 10.3. The molecule has 0 spiro atoms. The van der Waals surface area contributed by atoms with Crippen LogP contribution in [0.5, 0.6) is 0 Å². The van der Waals surface area contributed by atoms with Gasteiger partial charge in [-0.25, -0.2) is 4.98 Å². The number of halogens is 1.